The van der Waals surface area contributed by atoms with Crippen LogP contribution in [0.2, 0.25) is 0 Å². The molecule has 230 valence electrons. The third kappa shape index (κ3) is 5.35. The van der Waals surface area contributed by atoms with Gasteiger partial charge in [-0.25, -0.2) is 15.0 Å². The van der Waals surface area contributed by atoms with E-state index < -0.39 is 72.2 Å². The van der Waals surface area contributed by atoms with Gasteiger partial charge in [0.15, 0.2) is 17.5 Å². The number of hydrogen-bond acceptors (Lipinski definition) is 3. The first-order valence-corrected chi connectivity index (χ1v) is 15.5. The zero-order valence-corrected chi connectivity index (χ0v) is 25.7. The molecule has 9 aromatic rings. The lowest BCUT2D eigenvalue weighted by molar-refractivity contribution is 1.07. The summed E-state index contributed by atoms with van der Waals surface area (Å²) in [5, 5.41) is -0.325. The Kier molecular flexibility index (Phi) is 4.63. The van der Waals surface area contributed by atoms with Crippen molar-refractivity contribution in [3.63, 3.8) is 0 Å². The lowest BCUT2D eigenvalue weighted by atomic mass is 10.0. The molecule has 0 aliphatic heterocycles. The van der Waals surface area contributed by atoms with Crippen LogP contribution in [-0.2, 0) is 0 Å². The van der Waals surface area contributed by atoms with Gasteiger partial charge >= 0.3 is 0 Å². The first kappa shape index (κ1) is 18.6. The molecule has 7 aromatic carbocycles. The van der Waals surface area contributed by atoms with E-state index in [0.29, 0.717) is 28.6 Å². The lowest BCUT2D eigenvalue weighted by Gasteiger charge is -2.10. The van der Waals surface area contributed by atoms with Crippen molar-refractivity contribution in [3.05, 3.63) is 182 Å². The molecule has 0 saturated carbocycles. The molecule has 0 aliphatic rings. The van der Waals surface area contributed by atoms with Crippen LogP contribution in [0.15, 0.2) is 182 Å². The monoisotopic (exact) mass is 638 g/mol. The van der Waals surface area contributed by atoms with E-state index in [9.17, 15) is 4.11 Å². The molecule has 0 radical (unpaired) electrons. The average molecular weight is 639 g/mol. The van der Waals surface area contributed by atoms with Gasteiger partial charge in [0, 0.05) is 33.2 Å². The number of aromatic nitrogens is 4. The minimum absolute atomic E-state index is 0.0172. The summed E-state index contributed by atoms with van der Waals surface area (Å²) in [5.74, 6) is 1.25. The fraction of sp³-hybridized carbons (Fsp3) is 0. The smallest absolute Gasteiger partial charge is 0.164 e. The molecule has 0 unspecified atom stereocenters. The minimum atomic E-state index is -0.700. The molecular weight excluding hydrogens is 597 g/mol. The fourth-order valence-electron chi connectivity index (χ4n) is 5.82. The number of benzene rings is 7. The zero-order chi connectivity index (χ0) is 43.0. The first-order valence-electron chi connectivity index (χ1n) is 21.5. The second-order valence-electron chi connectivity index (χ2n) is 11.2. The van der Waals surface area contributed by atoms with Crippen molar-refractivity contribution in [1.29, 1.82) is 0 Å². The van der Waals surface area contributed by atoms with Crippen molar-refractivity contribution < 1.29 is 16.4 Å². The number of para-hydroxylation sites is 2. The van der Waals surface area contributed by atoms with Gasteiger partial charge in [-0.1, -0.05) is 151 Å². The van der Waals surface area contributed by atoms with Crippen LogP contribution in [0.4, 0.5) is 0 Å². The molecule has 0 amide bonds. The highest BCUT2D eigenvalue weighted by molar-refractivity contribution is 6.10. The van der Waals surface area contributed by atoms with Crippen molar-refractivity contribution in [1.82, 2.24) is 19.5 Å². The number of fused-ring (bicyclic) bond motifs is 3. The van der Waals surface area contributed by atoms with Crippen LogP contribution in [0.3, 0.4) is 0 Å². The van der Waals surface area contributed by atoms with Crippen molar-refractivity contribution >= 4 is 21.8 Å². The second-order valence-corrected chi connectivity index (χ2v) is 11.2. The Bertz CT molecular complexity index is 3220. The van der Waals surface area contributed by atoms with Gasteiger partial charge in [-0.3, -0.25) is 0 Å². The Morgan fingerprint density at radius 3 is 1.43 bits per heavy atom. The molecule has 0 aliphatic carbocycles. The number of rotatable bonds is 6. The quantitative estimate of drug-likeness (QED) is 0.182. The summed E-state index contributed by atoms with van der Waals surface area (Å²) in [4.78, 5) is 14.5. The largest absolute Gasteiger partial charge is 0.309 e. The Morgan fingerprint density at radius 1 is 0.367 bits per heavy atom. The predicted octanol–water partition coefficient (Wildman–Crippen LogP) is 11.3. The molecule has 0 spiro atoms. The maximum absolute atomic E-state index is 9.52. The highest BCUT2D eigenvalue weighted by Crippen LogP contribution is 2.35. The van der Waals surface area contributed by atoms with E-state index in [-0.39, 0.29) is 33.4 Å². The topological polar surface area (TPSA) is 43.6 Å². The van der Waals surface area contributed by atoms with Crippen molar-refractivity contribution in [2.75, 3.05) is 0 Å². The van der Waals surface area contributed by atoms with Crippen molar-refractivity contribution in [3.8, 4) is 62.1 Å². The summed E-state index contributed by atoms with van der Waals surface area (Å²) in [7, 11) is 0. The van der Waals surface area contributed by atoms with Gasteiger partial charge in [0.1, 0.15) is 0 Å². The number of nitrogens with zero attached hydrogens (tertiary/aromatic N) is 4. The second kappa shape index (κ2) is 12.2. The Balaban J connectivity index is 1.22. The highest BCUT2D eigenvalue weighted by Gasteiger charge is 2.15. The van der Waals surface area contributed by atoms with Crippen LogP contribution in [0.25, 0.3) is 83.9 Å². The van der Waals surface area contributed by atoms with Gasteiger partial charge in [0.05, 0.1) is 27.5 Å². The Morgan fingerprint density at radius 2 is 0.816 bits per heavy atom. The van der Waals surface area contributed by atoms with Crippen LogP contribution in [0.5, 0.6) is 0 Å². The summed E-state index contributed by atoms with van der Waals surface area (Å²) < 4.78 is 106. The van der Waals surface area contributed by atoms with E-state index in [2.05, 4.69) is 0 Å². The lowest BCUT2D eigenvalue weighted by Crippen LogP contribution is -2.00. The third-order valence-electron chi connectivity index (χ3n) is 8.22. The summed E-state index contributed by atoms with van der Waals surface area (Å²) in [6.45, 7) is 0. The molecule has 2 aromatic heterocycles. The van der Waals surface area contributed by atoms with E-state index in [1.165, 1.54) is 0 Å². The molecule has 0 atom stereocenters. The van der Waals surface area contributed by atoms with E-state index >= 15 is 0 Å². The van der Waals surface area contributed by atoms with Crippen LogP contribution in [0, 0.1) is 0 Å². The van der Waals surface area contributed by atoms with Gasteiger partial charge in [0.2, 0.25) is 0 Å². The summed E-state index contributed by atoms with van der Waals surface area (Å²) in [5.41, 5.74) is 3.54. The van der Waals surface area contributed by atoms with E-state index in [4.69, 9.17) is 27.3 Å². The zero-order valence-electron chi connectivity index (χ0n) is 37.7. The standard InChI is InChI=1S/C45H30N4/c1-4-12-31(13-5-1)32-20-24-35(25-21-32)44-46-43(34-14-6-2-7-15-34)47-45(48-44)36-26-22-33(23-27-36)37-28-29-42-40(30-37)39-18-10-11-19-41(39)49(42)38-16-8-3-9-17-38/h1-30H/i3D,8D,9D,10D,11D,16D,17D,18D,19D,28D,29D,30D. The van der Waals surface area contributed by atoms with E-state index in [1.54, 1.807) is 24.3 Å². The average Bonchev–Trinajstić information content (AvgIpc) is 3.65. The van der Waals surface area contributed by atoms with Crippen molar-refractivity contribution in [2.45, 2.75) is 0 Å². The Hall–Kier alpha value is -6.65. The molecule has 4 nitrogen and oxygen atoms in total. The number of hydrogen-bond donors (Lipinski definition) is 0. The summed E-state index contributed by atoms with van der Waals surface area (Å²) >= 11 is 0. The molecule has 49 heavy (non-hydrogen) atoms. The molecule has 9 rings (SSSR count). The SMILES string of the molecule is [2H]c1c([2H])c([2H])c(-n2c3c([2H])c([2H])c([2H])c([2H])c3c3c([2H])c(-c4ccc(-c5nc(-c6ccccc6)nc(-c6ccc(-c7ccccc7)cc6)n5)cc4)c([2H])c([2H])c32)c([2H])c1[2H]. The van der Waals surface area contributed by atoms with E-state index in [1.807, 2.05) is 84.9 Å². The van der Waals surface area contributed by atoms with Gasteiger partial charge in [-0.2, -0.15) is 0 Å². The summed E-state index contributed by atoms with van der Waals surface area (Å²) in [6.07, 6.45) is 0. The molecule has 0 fully saturated rings. The third-order valence-corrected chi connectivity index (χ3v) is 8.22. The van der Waals surface area contributed by atoms with E-state index in [0.717, 1.165) is 26.8 Å². The molecule has 0 saturated heterocycles. The maximum atomic E-state index is 9.52. The van der Waals surface area contributed by atoms with Gasteiger partial charge in [0.25, 0.3) is 0 Å². The predicted molar refractivity (Wildman–Crippen MR) is 201 cm³/mol. The van der Waals surface area contributed by atoms with Gasteiger partial charge < -0.3 is 4.57 Å². The molecule has 2 heterocycles. The minimum Gasteiger partial charge on any atom is -0.309 e. The van der Waals surface area contributed by atoms with Crippen LogP contribution in [-0.4, -0.2) is 19.5 Å². The normalized spacial score (nSPS) is 14.7. The molecule has 4 heteroatoms. The molecule has 0 bridgehead atoms. The van der Waals surface area contributed by atoms with Gasteiger partial charge in [-0.05, 0) is 52.5 Å². The van der Waals surface area contributed by atoms with Gasteiger partial charge in [-0.15, -0.1) is 0 Å². The van der Waals surface area contributed by atoms with Crippen LogP contribution >= 0.6 is 0 Å². The molecular formula is C45H30N4. The fourth-order valence-corrected chi connectivity index (χ4v) is 5.82. The maximum Gasteiger partial charge on any atom is 0.164 e. The highest BCUT2D eigenvalue weighted by atomic mass is 15.0. The molecule has 0 N–H and O–H groups in total. The van der Waals surface area contributed by atoms with Crippen LogP contribution < -0.4 is 0 Å². The summed E-state index contributed by atoms with van der Waals surface area (Å²) in [6, 6.07) is 27.0. The van der Waals surface area contributed by atoms with Crippen LogP contribution in [0.1, 0.15) is 16.4 Å². The first-order chi connectivity index (χ1) is 29.3. The Labute approximate surface area is 301 Å². The van der Waals surface area contributed by atoms with Crippen molar-refractivity contribution in [2.24, 2.45) is 0 Å².